The van der Waals surface area contributed by atoms with Gasteiger partial charge in [0, 0.05) is 22.9 Å². The molecule has 8 heteroatoms. The van der Waals surface area contributed by atoms with Crippen molar-refractivity contribution in [2.75, 3.05) is 5.32 Å². The third-order valence-corrected chi connectivity index (χ3v) is 5.40. The smallest absolute Gasteiger partial charge is 0.387 e. The highest BCUT2D eigenvalue weighted by atomic mass is 32.1. The summed E-state index contributed by atoms with van der Waals surface area (Å²) < 4.78 is 30.8. The highest BCUT2D eigenvalue weighted by molar-refractivity contribution is 7.81. The van der Waals surface area contributed by atoms with Crippen LogP contribution < -0.4 is 14.6 Å². The number of nitrogens with one attached hydrogen (secondary N) is 1. The average molecular weight is 486 g/mol. The summed E-state index contributed by atoms with van der Waals surface area (Å²) >= 11 is 5.62. The lowest BCUT2D eigenvalue weighted by molar-refractivity contribution is -0.576. The van der Waals surface area contributed by atoms with E-state index in [4.69, 9.17) is 12.2 Å². The van der Waals surface area contributed by atoms with E-state index < -0.39 is 6.61 Å². The van der Waals surface area contributed by atoms with E-state index >= 15 is 0 Å². The maximum Gasteiger partial charge on any atom is 0.387 e. The Morgan fingerprint density at radius 2 is 1.71 bits per heavy atom. The van der Waals surface area contributed by atoms with Gasteiger partial charge in [-0.2, -0.15) is 13.3 Å². The molecule has 0 unspecified atom stereocenters. The number of aliphatic hydroxyl groups is 2. The predicted molar refractivity (Wildman–Crippen MR) is 133 cm³/mol. The van der Waals surface area contributed by atoms with E-state index in [0.29, 0.717) is 22.5 Å². The molecule has 178 valence electrons. The minimum absolute atomic E-state index is 0.0223. The SMILES string of the molecule is CC(C)(C)c1ccc(/C(O)=C(/C(=S)Nc2ccc(OC(F)F)cc2)[n+]2cccc(CO)c2)cc1. The zero-order chi connectivity index (χ0) is 24.9. The summed E-state index contributed by atoms with van der Waals surface area (Å²) in [6.07, 6.45) is 3.38. The maximum atomic E-state index is 12.4. The molecule has 2 aromatic carbocycles. The topological polar surface area (TPSA) is 65.6 Å². The Hall–Kier alpha value is -3.36. The Balaban J connectivity index is 2.00. The van der Waals surface area contributed by atoms with Crippen molar-refractivity contribution in [3.63, 3.8) is 0 Å². The third-order valence-electron chi connectivity index (χ3n) is 5.10. The third kappa shape index (κ3) is 6.36. The van der Waals surface area contributed by atoms with E-state index in [1.807, 2.05) is 24.3 Å². The molecule has 5 nitrogen and oxygen atoms in total. The van der Waals surface area contributed by atoms with E-state index in [1.54, 1.807) is 41.2 Å². The summed E-state index contributed by atoms with van der Waals surface area (Å²) in [6, 6.07) is 16.9. The lowest BCUT2D eigenvalue weighted by atomic mass is 9.86. The first-order valence-electron chi connectivity index (χ1n) is 10.6. The van der Waals surface area contributed by atoms with Gasteiger partial charge in [-0.1, -0.05) is 57.3 Å². The van der Waals surface area contributed by atoms with Crippen molar-refractivity contribution >= 4 is 34.3 Å². The standard InChI is InChI=1S/C26H26F2N2O3S/c1-26(2,3)19-8-6-18(7-9-19)23(32)22(30-14-4-5-17(15-30)16-31)24(34)29-20-10-12-21(13-11-20)33-25(27)28/h4-15,25,31H,16H2,1-3H3,(H-,29,32,34)/p+1. The molecule has 0 saturated carbocycles. The van der Waals surface area contributed by atoms with Gasteiger partial charge >= 0.3 is 6.61 Å². The first-order valence-corrected chi connectivity index (χ1v) is 11.0. The van der Waals surface area contributed by atoms with Crippen molar-refractivity contribution in [1.82, 2.24) is 0 Å². The number of hydrogen-bond acceptors (Lipinski definition) is 4. The Kier molecular flexibility index (Phi) is 7.96. The summed E-state index contributed by atoms with van der Waals surface area (Å²) in [6.45, 7) is 3.23. The van der Waals surface area contributed by atoms with Crippen LogP contribution in [0.5, 0.6) is 5.75 Å². The molecule has 0 atom stereocenters. The van der Waals surface area contributed by atoms with E-state index in [1.165, 1.54) is 12.1 Å². The van der Waals surface area contributed by atoms with Gasteiger partial charge in [-0.15, -0.1) is 0 Å². The minimum Gasteiger partial charge on any atom is -0.502 e. The summed E-state index contributed by atoms with van der Waals surface area (Å²) in [5.41, 5.74) is 3.09. The monoisotopic (exact) mass is 485 g/mol. The van der Waals surface area contributed by atoms with Crippen LogP contribution in [-0.4, -0.2) is 21.8 Å². The maximum absolute atomic E-state index is 12.4. The van der Waals surface area contributed by atoms with Crippen LogP contribution in [-0.2, 0) is 12.0 Å². The molecule has 0 aliphatic rings. The molecule has 1 aromatic heterocycles. The van der Waals surface area contributed by atoms with E-state index in [-0.39, 0.29) is 28.5 Å². The van der Waals surface area contributed by atoms with Gasteiger partial charge in [-0.3, -0.25) is 0 Å². The lowest BCUT2D eigenvalue weighted by Gasteiger charge is -2.19. The fourth-order valence-electron chi connectivity index (χ4n) is 3.28. The van der Waals surface area contributed by atoms with Gasteiger partial charge in [0.1, 0.15) is 5.75 Å². The molecule has 34 heavy (non-hydrogen) atoms. The van der Waals surface area contributed by atoms with Crippen LogP contribution in [0, 0.1) is 0 Å². The van der Waals surface area contributed by atoms with Crippen LogP contribution in [0.4, 0.5) is 14.5 Å². The molecule has 0 radical (unpaired) electrons. The van der Waals surface area contributed by atoms with Crippen LogP contribution in [0.3, 0.4) is 0 Å². The number of thiocarbonyl (C=S) groups is 1. The number of anilines is 1. The van der Waals surface area contributed by atoms with Gasteiger partial charge in [-0.25, -0.2) is 0 Å². The molecule has 1 heterocycles. The zero-order valence-electron chi connectivity index (χ0n) is 19.1. The first kappa shape index (κ1) is 25.3. The molecule has 0 amide bonds. The number of rotatable bonds is 7. The number of hydrogen-bond donors (Lipinski definition) is 3. The molecular weight excluding hydrogens is 458 g/mol. The molecule has 3 rings (SSSR count). The van der Waals surface area contributed by atoms with Crippen molar-refractivity contribution in [3.05, 3.63) is 89.7 Å². The highest BCUT2D eigenvalue weighted by Crippen LogP contribution is 2.26. The Morgan fingerprint density at radius 1 is 1.06 bits per heavy atom. The summed E-state index contributed by atoms with van der Waals surface area (Å²) in [7, 11) is 0. The van der Waals surface area contributed by atoms with E-state index in [2.05, 4.69) is 30.8 Å². The lowest BCUT2D eigenvalue weighted by Crippen LogP contribution is -2.39. The van der Waals surface area contributed by atoms with Crippen molar-refractivity contribution in [2.24, 2.45) is 0 Å². The molecule has 0 saturated heterocycles. The van der Waals surface area contributed by atoms with Gasteiger partial charge in [-0.05, 0) is 41.3 Å². The van der Waals surface area contributed by atoms with Gasteiger partial charge in [0.2, 0.25) is 0 Å². The fraction of sp³-hybridized carbons (Fsp3) is 0.231. The number of alkyl halides is 2. The number of aromatic nitrogens is 1. The normalized spacial score (nSPS) is 12.3. The molecule has 0 spiro atoms. The van der Waals surface area contributed by atoms with E-state index in [0.717, 1.165) is 5.56 Å². The van der Waals surface area contributed by atoms with Gasteiger partial charge in [0.15, 0.2) is 23.1 Å². The average Bonchev–Trinajstić information content (AvgIpc) is 2.80. The molecule has 0 bridgehead atoms. The van der Waals surface area contributed by atoms with Crippen LogP contribution in [0.25, 0.3) is 11.5 Å². The molecule has 3 aromatic rings. The molecule has 3 N–H and O–H groups in total. The van der Waals surface area contributed by atoms with Crippen LogP contribution in [0.1, 0.15) is 37.5 Å². The minimum atomic E-state index is -2.91. The van der Waals surface area contributed by atoms with Crippen molar-refractivity contribution in [3.8, 4) is 5.75 Å². The molecule has 0 fully saturated rings. The second kappa shape index (κ2) is 10.7. The highest BCUT2D eigenvalue weighted by Gasteiger charge is 2.25. The molecule has 0 aliphatic heterocycles. The largest absolute Gasteiger partial charge is 0.502 e. The number of benzene rings is 2. The van der Waals surface area contributed by atoms with Gasteiger partial charge < -0.3 is 20.3 Å². The van der Waals surface area contributed by atoms with Gasteiger partial charge in [0.25, 0.3) is 5.70 Å². The summed E-state index contributed by atoms with van der Waals surface area (Å²) in [5, 5.41) is 23.8. The van der Waals surface area contributed by atoms with Crippen LogP contribution in [0.2, 0.25) is 0 Å². The predicted octanol–water partition coefficient (Wildman–Crippen LogP) is 5.69. The van der Waals surface area contributed by atoms with Crippen molar-refractivity contribution in [2.45, 2.75) is 39.4 Å². The second-order valence-corrected chi connectivity index (χ2v) is 9.07. The molecule has 0 aliphatic carbocycles. The molecular formula is C26H27F2N2O3S+. The quantitative estimate of drug-likeness (QED) is 0.174. The number of halogens is 2. The Bertz CT molecular complexity index is 1170. The second-order valence-electron chi connectivity index (χ2n) is 8.66. The number of aliphatic hydroxyl groups excluding tert-OH is 2. The Morgan fingerprint density at radius 3 is 2.26 bits per heavy atom. The summed E-state index contributed by atoms with van der Waals surface area (Å²) in [5.74, 6) is -0.0373. The van der Waals surface area contributed by atoms with Crippen LogP contribution >= 0.6 is 12.2 Å². The number of ether oxygens (including phenoxy) is 1. The number of nitrogens with zero attached hydrogens (tertiary/aromatic N) is 1. The van der Waals surface area contributed by atoms with Gasteiger partial charge in [0.05, 0.1) is 6.61 Å². The van der Waals surface area contributed by atoms with Crippen molar-refractivity contribution in [1.29, 1.82) is 0 Å². The van der Waals surface area contributed by atoms with Crippen molar-refractivity contribution < 1.29 is 28.3 Å². The first-order chi connectivity index (χ1) is 16.1. The number of pyridine rings is 1. The Labute approximate surface area is 203 Å². The zero-order valence-corrected chi connectivity index (χ0v) is 19.9. The van der Waals surface area contributed by atoms with Crippen LogP contribution in [0.15, 0.2) is 73.1 Å². The summed E-state index contributed by atoms with van der Waals surface area (Å²) in [4.78, 5) is 0.194. The fourth-order valence-corrected chi connectivity index (χ4v) is 3.60. The van der Waals surface area contributed by atoms with E-state index in [9.17, 15) is 19.0 Å².